The minimum Gasteiger partial charge on any atom is -0.368 e. The fourth-order valence-corrected chi connectivity index (χ4v) is 2.43. The van der Waals surface area contributed by atoms with Crippen LogP contribution in [0.1, 0.15) is 72.1 Å². The van der Waals surface area contributed by atoms with Gasteiger partial charge in [-0.3, -0.25) is 9.59 Å². The van der Waals surface area contributed by atoms with E-state index in [1.165, 1.54) is 0 Å². The molecule has 0 fully saturated rings. The molecular weight excluding hydrogens is 308 g/mol. The highest BCUT2D eigenvalue weighted by Crippen LogP contribution is 2.09. The van der Waals surface area contributed by atoms with Crippen molar-refractivity contribution in [3.63, 3.8) is 0 Å². The Bertz CT molecular complexity index is 500. The largest absolute Gasteiger partial charge is 0.368 e. The van der Waals surface area contributed by atoms with Crippen LogP contribution in [0.3, 0.4) is 0 Å². The molecule has 6 nitrogen and oxygen atoms in total. The van der Waals surface area contributed by atoms with E-state index in [0.717, 1.165) is 44.9 Å². The van der Waals surface area contributed by atoms with Crippen LogP contribution >= 0.6 is 0 Å². The quantitative estimate of drug-likeness (QED) is 0.345. The Balaban J connectivity index is 2.04. The normalized spacial score (nSPS) is 10.8. The summed E-state index contributed by atoms with van der Waals surface area (Å²) in [6, 6.07) is 6.29. The predicted molar refractivity (Wildman–Crippen MR) is 92.5 cm³/mol. The topological polar surface area (TPSA) is 113 Å². The summed E-state index contributed by atoms with van der Waals surface area (Å²) in [5.74, 6) is -0.650. The molecule has 0 aliphatic carbocycles. The van der Waals surface area contributed by atoms with Gasteiger partial charge in [0, 0.05) is 17.7 Å². The van der Waals surface area contributed by atoms with E-state index in [4.69, 9.17) is 15.9 Å². The first-order valence-corrected chi connectivity index (χ1v) is 8.55. The summed E-state index contributed by atoms with van der Waals surface area (Å²) in [5, 5.41) is 20.3. The minimum absolute atomic E-state index is 0.145. The first kappa shape index (κ1) is 20.1. The van der Waals surface area contributed by atoms with Crippen molar-refractivity contribution >= 4 is 11.8 Å². The smallest absolute Gasteiger partial charge is 0.251 e. The Morgan fingerprint density at radius 1 is 0.875 bits per heavy atom. The number of rotatable bonds is 12. The summed E-state index contributed by atoms with van der Waals surface area (Å²) in [4.78, 5) is 22.9. The van der Waals surface area contributed by atoms with E-state index in [2.05, 4.69) is 5.32 Å². The highest BCUT2D eigenvalue weighted by Gasteiger charge is 2.06. The summed E-state index contributed by atoms with van der Waals surface area (Å²) < 4.78 is 0. The minimum atomic E-state index is -1.18. The van der Waals surface area contributed by atoms with Gasteiger partial charge in [-0.05, 0) is 43.5 Å². The van der Waals surface area contributed by atoms with E-state index in [0.29, 0.717) is 24.1 Å². The van der Waals surface area contributed by atoms with Crippen molar-refractivity contribution in [1.29, 1.82) is 0 Å². The maximum atomic E-state index is 11.9. The van der Waals surface area contributed by atoms with Gasteiger partial charge in [-0.1, -0.05) is 32.1 Å². The summed E-state index contributed by atoms with van der Waals surface area (Å²) in [6.45, 7) is 0.632. The molecule has 0 heterocycles. The molecule has 24 heavy (non-hydrogen) atoms. The third kappa shape index (κ3) is 8.64. The maximum absolute atomic E-state index is 11.9. The van der Waals surface area contributed by atoms with Crippen molar-refractivity contribution in [1.82, 2.24) is 5.32 Å². The van der Waals surface area contributed by atoms with Crippen molar-refractivity contribution < 1.29 is 19.8 Å². The number of aliphatic hydroxyl groups excluding tert-OH is 1. The molecule has 0 unspecified atom stereocenters. The second-order valence-electron chi connectivity index (χ2n) is 5.94. The zero-order valence-electron chi connectivity index (χ0n) is 14.0. The van der Waals surface area contributed by atoms with Crippen LogP contribution in [0.4, 0.5) is 0 Å². The number of primary amides is 1. The highest BCUT2D eigenvalue weighted by atomic mass is 16.5. The van der Waals surface area contributed by atoms with Crippen molar-refractivity contribution in [3.8, 4) is 0 Å². The second-order valence-corrected chi connectivity index (χ2v) is 5.94. The lowest BCUT2D eigenvalue weighted by atomic mass is 10.1. The molecule has 0 saturated heterocycles. The summed E-state index contributed by atoms with van der Waals surface area (Å²) in [6.07, 6.45) is 6.48. The van der Waals surface area contributed by atoms with Crippen LogP contribution in [0.5, 0.6) is 0 Å². The van der Waals surface area contributed by atoms with Crippen molar-refractivity contribution in [2.45, 2.75) is 57.7 Å². The molecule has 1 aromatic rings. The Morgan fingerprint density at radius 2 is 1.38 bits per heavy atom. The van der Waals surface area contributed by atoms with Crippen LogP contribution in [0, 0.1) is 0 Å². The molecular formula is C18H28N2O4. The molecule has 0 saturated carbocycles. The monoisotopic (exact) mass is 336 g/mol. The predicted octanol–water partition coefficient (Wildman–Crippen LogP) is 1.95. The Kier molecular flexibility index (Phi) is 9.72. The second kappa shape index (κ2) is 11.6. The third-order valence-corrected chi connectivity index (χ3v) is 3.86. The molecule has 5 N–H and O–H groups in total. The lowest BCUT2D eigenvalue weighted by Gasteiger charge is -2.06. The summed E-state index contributed by atoms with van der Waals surface area (Å²) >= 11 is 0. The number of benzene rings is 1. The van der Waals surface area contributed by atoms with Gasteiger partial charge in [-0.15, -0.1) is 0 Å². The molecule has 0 aromatic heterocycles. The molecule has 0 atom stereocenters. The molecule has 0 bridgehead atoms. The van der Waals surface area contributed by atoms with Gasteiger partial charge in [0.15, 0.2) is 6.29 Å². The SMILES string of the molecule is NC(=O)c1ccc(C(=O)NCCCCCCCCCC(O)O)cc1. The Morgan fingerprint density at radius 3 is 1.92 bits per heavy atom. The summed E-state index contributed by atoms with van der Waals surface area (Å²) in [7, 11) is 0. The molecule has 1 rings (SSSR count). The van der Waals surface area contributed by atoms with Crippen LogP contribution in [-0.4, -0.2) is 34.9 Å². The molecule has 1 aromatic carbocycles. The van der Waals surface area contributed by atoms with Crippen molar-refractivity contribution in [2.24, 2.45) is 5.73 Å². The number of hydrogen-bond donors (Lipinski definition) is 4. The number of unbranched alkanes of at least 4 members (excludes halogenated alkanes) is 6. The number of carbonyl (C=O) groups is 2. The van der Waals surface area contributed by atoms with E-state index in [1.54, 1.807) is 24.3 Å². The molecule has 0 spiro atoms. The number of hydrogen-bond acceptors (Lipinski definition) is 4. The first-order valence-electron chi connectivity index (χ1n) is 8.55. The number of amides is 2. The van der Waals surface area contributed by atoms with Gasteiger partial charge in [-0.25, -0.2) is 0 Å². The molecule has 0 aliphatic heterocycles. The Hall–Kier alpha value is -1.92. The van der Waals surface area contributed by atoms with E-state index in [1.807, 2.05) is 0 Å². The van der Waals surface area contributed by atoms with Gasteiger partial charge < -0.3 is 21.3 Å². The first-order chi connectivity index (χ1) is 11.5. The molecule has 2 amide bonds. The van der Waals surface area contributed by atoms with Crippen molar-refractivity contribution in [2.75, 3.05) is 6.54 Å². The summed E-state index contributed by atoms with van der Waals surface area (Å²) in [5.41, 5.74) is 6.06. The van der Waals surface area contributed by atoms with Gasteiger partial charge in [0.25, 0.3) is 5.91 Å². The van der Waals surface area contributed by atoms with E-state index in [-0.39, 0.29) is 5.91 Å². The molecule has 0 radical (unpaired) electrons. The number of carbonyl (C=O) groups excluding carboxylic acids is 2. The number of nitrogens with two attached hydrogens (primary N) is 1. The Labute approximate surface area is 143 Å². The average Bonchev–Trinajstić information content (AvgIpc) is 2.56. The van der Waals surface area contributed by atoms with Crippen LogP contribution in [0.15, 0.2) is 24.3 Å². The highest BCUT2D eigenvalue weighted by molar-refractivity contribution is 5.97. The van der Waals surface area contributed by atoms with E-state index < -0.39 is 12.2 Å². The standard InChI is InChI=1S/C18H28N2O4/c19-17(23)14-9-11-15(12-10-14)18(24)20-13-7-5-3-1-2-4-6-8-16(21)22/h9-12,16,21-22H,1-8,13H2,(H2,19,23)(H,20,24). The van der Waals surface area contributed by atoms with Crippen LogP contribution in [-0.2, 0) is 0 Å². The lowest BCUT2D eigenvalue weighted by molar-refractivity contribution is -0.0466. The van der Waals surface area contributed by atoms with E-state index >= 15 is 0 Å². The number of aliphatic hydroxyl groups is 2. The molecule has 0 aliphatic rings. The fourth-order valence-electron chi connectivity index (χ4n) is 2.43. The zero-order valence-corrected chi connectivity index (χ0v) is 14.0. The lowest BCUT2D eigenvalue weighted by Crippen LogP contribution is -2.24. The van der Waals surface area contributed by atoms with E-state index in [9.17, 15) is 9.59 Å². The maximum Gasteiger partial charge on any atom is 0.251 e. The van der Waals surface area contributed by atoms with Crippen LogP contribution < -0.4 is 11.1 Å². The third-order valence-electron chi connectivity index (χ3n) is 3.86. The van der Waals surface area contributed by atoms with Gasteiger partial charge in [0.1, 0.15) is 0 Å². The average molecular weight is 336 g/mol. The van der Waals surface area contributed by atoms with Gasteiger partial charge in [0.05, 0.1) is 0 Å². The molecule has 6 heteroatoms. The fraction of sp³-hybridized carbons (Fsp3) is 0.556. The van der Waals surface area contributed by atoms with Gasteiger partial charge >= 0.3 is 0 Å². The van der Waals surface area contributed by atoms with Crippen LogP contribution in [0.25, 0.3) is 0 Å². The van der Waals surface area contributed by atoms with Gasteiger partial charge in [-0.2, -0.15) is 0 Å². The van der Waals surface area contributed by atoms with Crippen LogP contribution in [0.2, 0.25) is 0 Å². The van der Waals surface area contributed by atoms with Crippen molar-refractivity contribution in [3.05, 3.63) is 35.4 Å². The molecule has 134 valence electrons. The van der Waals surface area contributed by atoms with Gasteiger partial charge in [0.2, 0.25) is 5.91 Å². The number of nitrogens with one attached hydrogen (secondary N) is 1. The zero-order chi connectivity index (χ0) is 17.8.